The Morgan fingerprint density at radius 1 is 1.26 bits per heavy atom. The van der Waals surface area contributed by atoms with Gasteiger partial charge in [-0.1, -0.05) is 26.0 Å². The minimum atomic E-state index is -3.52. The Balaban J connectivity index is 1.56. The van der Waals surface area contributed by atoms with Gasteiger partial charge in [0.2, 0.25) is 10.0 Å². The van der Waals surface area contributed by atoms with Crippen LogP contribution in [0, 0.1) is 17.2 Å². The molecule has 9 heteroatoms. The molecule has 0 spiro atoms. The van der Waals surface area contributed by atoms with E-state index in [1.165, 1.54) is 0 Å². The second-order valence-electron chi connectivity index (χ2n) is 10.7. The summed E-state index contributed by atoms with van der Waals surface area (Å²) in [5, 5.41) is 9.37. The summed E-state index contributed by atoms with van der Waals surface area (Å²) < 4.78 is 33.6. The summed E-state index contributed by atoms with van der Waals surface area (Å²) in [6, 6.07) is 1.66. The summed E-state index contributed by atoms with van der Waals surface area (Å²) in [5.41, 5.74) is 4.22. The monoisotopic (exact) mass is 496 g/mol. The molecular weight excluding hydrogens is 464 g/mol. The average Bonchev–Trinajstić information content (AvgIpc) is 3.19. The number of H-pyrrole nitrogens is 1. The zero-order valence-corrected chi connectivity index (χ0v) is 21.5. The normalized spacial score (nSPS) is 26.5. The second kappa shape index (κ2) is 8.47. The Morgan fingerprint density at radius 3 is 2.63 bits per heavy atom. The van der Waals surface area contributed by atoms with Gasteiger partial charge in [-0.3, -0.25) is 4.79 Å². The number of fused-ring (bicyclic) bond motifs is 3. The maximum Gasteiger partial charge on any atom is 0.209 e. The van der Waals surface area contributed by atoms with E-state index in [0.29, 0.717) is 23.3 Å². The standard InChI is InChI=1S/C26H32N4O4S/c1-26(2)19-13-22(34-16-7-9-30(3)10-8-16)21(29-35(4,32)33)12-18(19)24(31)23-17-6-5-15(14-27)11-20(17)28-25(23)26/h5-6,13,15-16,21,28-29H,7-12H2,1-4H3. The third-order valence-corrected chi connectivity index (χ3v) is 8.41. The molecule has 1 saturated heterocycles. The van der Waals surface area contributed by atoms with Gasteiger partial charge in [-0.25, -0.2) is 13.1 Å². The molecule has 4 aliphatic rings. The van der Waals surface area contributed by atoms with E-state index in [9.17, 15) is 18.5 Å². The molecule has 1 fully saturated rings. The van der Waals surface area contributed by atoms with Crippen LogP contribution in [0.2, 0.25) is 0 Å². The van der Waals surface area contributed by atoms with Crippen LogP contribution in [-0.2, 0) is 26.6 Å². The van der Waals surface area contributed by atoms with Gasteiger partial charge in [-0.15, -0.1) is 0 Å². The molecule has 3 aliphatic carbocycles. The molecule has 0 aromatic carbocycles. The molecule has 2 heterocycles. The Hall–Kier alpha value is -2.67. The first kappa shape index (κ1) is 24.0. The van der Waals surface area contributed by atoms with E-state index < -0.39 is 21.5 Å². The van der Waals surface area contributed by atoms with Crippen molar-refractivity contribution in [1.82, 2.24) is 14.6 Å². The second-order valence-corrected chi connectivity index (χ2v) is 12.5. The first-order valence-electron chi connectivity index (χ1n) is 12.1. The summed E-state index contributed by atoms with van der Waals surface area (Å²) in [5.74, 6) is 0.275. The lowest BCUT2D eigenvalue weighted by atomic mass is 9.67. The molecule has 1 aromatic rings. The van der Waals surface area contributed by atoms with E-state index in [0.717, 1.165) is 54.7 Å². The molecule has 2 N–H and O–H groups in total. The number of allylic oxidation sites excluding steroid dienone is 3. The quantitative estimate of drug-likeness (QED) is 0.662. The Morgan fingerprint density at radius 2 is 1.97 bits per heavy atom. The summed E-state index contributed by atoms with van der Waals surface area (Å²) in [6.07, 6.45) is 9.29. The van der Waals surface area contributed by atoms with Crippen molar-refractivity contribution in [2.75, 3.05) is 26.4 Å². The minimum Gasteiger partial charge on any atom is -0.493 e. The molecule has 8 nitrogen and oxygen atoms in total. The van der Waals surface area contributed by atoms with Crippen molar-refractivity contribution in [3.63, 3.8) is 0 Å². The number of sulfonamides is 1. The number of ketones is 1. The van der Waals surface area contributed by atoms with Crippen molar-refractivity contribution < 1.29 is 17.9 Å². The van der Waals surface area contributed by atoms with Gasteiger partial charge in [0, 0.05) is 53.9 Å². The summed E-state index contributed by atoms with van der Waals surface area (Å²) in [6.45, 7) is 6.01. The van der Waals surface area contributed by atoms with Crippen molar-refractivity contribution >= 4 is 21.9 Å². The van der Waals surface area contributed by atoms with Crippen LogP contribution >= 0.6 is 0 Å². The molecule has 35 heavy (non-hydrogen) atoms. The van der Waals surface area contributed by atoms with Gasteiger partial charge in [0.1, 0.15) is 11.9 Å². The zero-order chi connectivity index (χ0) is 25.1. The van der Waals surface area contributed by atoms with Crippen molar-refractivity contribution in [3.05, 3.63) is 51.6 Å². The number of ether oxygens (including phenoxy) is 1. The number of likely N-dealkylation sites (tertiary alicyclic amines) is 1. The number of hydrogen-bond acceptors (Lipinski definition) is 6. The largest absolute Gasteiger partial charge is 0.493 e. The van der Waals surface area contributed by atoms with Crippen molar-refractivity contribution in [2.24, 2.45) is 5.92 Å². The van der Waals surface area contributed by atoms with Crippen LogP contribution < -0.4 is 4.72 Å². The highest BCUT2D eigenvalue weighted by Crippen LogP contribution is 2.48. The van der Waals surface area contributed by atoms with Gasteiger partial charge in [-0.2, -0.15) is 5.26 Å². The van der Waals surface area contributed by atoms with Crippen LogP contribution in [0.1, 0.15) is 60.4 Å². The van der Waals surface area contributed by atoms with E-state index in [1.54, 1.807) is 0 Å². The Labute approximate surface area is 206 Å². The third kappa shape index (κ3) is 4.28. The van der Waals surface area contributed by atoms with Crippen LogP contribution in [0.15, 0.2) is 29.1 Å². The van der Waals surface area contributed by atoms with Crippen molar-refractivity contribution in [2.45, 2.75) is 57.1 Å². The number of aromatic amines is 1. The van der Waals surface area contributed by atoms with Crippen LogP contribution in [0.3, 0.4) is 0 Å². The molecular formula is C26H32N4O4S. The predicted molar refractivity (Wildman–Crippen MR) is 133 cm³/mol. The smallest absolute Gasteiger partial charge is 0.209 e. The lowest BCUT2D eigenvalue weighted by Crippen LogP contribution is -2.43. The number of piperidine rings is 1. The Bertz CT molecular complexity index is 1320. The summed E-state index contributed by atoms with van der Waals surface area (Å²) in [7, 11) is -1.44. The molecule has 0 radical (unpaired) electrons. The predicted octanol–water partition coefficient (Wildman–Crippen LogP) is 2.81. The molecule has 5 rings (SSSR count). The fourth-order valence-corrected chi connectivity index (χ4v) is 6.49. The minimum absolute atomic E-state index is 0.00674. The highest BCUT2D eigenvalue weighted by molar-refractivity contribution is 7.88. The van der Waals surface area contributed by atoms with Gasteiger partial charge >= 0.3 is 0 Å². The molecule has 2 atom stereocenters. The molecule has 0 saturated carbocycles. The number of nitriles is 1. The number of rotatable bonds is 4. The fraction of sp³-hybridized carbons (Fsp3) is 0.538. The number of hydrogen-bond donors (Lipinski definition) is 2. The number of Topliss-reactive ketones (excluding diaryl/α,β-unsaturated/α-hetero) is 1. The van der Waals surface area contributed by atoms with Crippen LogP contribution in [0.25, 0.3) is 6.08 Å². The average molecular weight is 497 g/mol. The van der Waals surface area contributed by atoms with Gasteiger partial charge in [0.05, 0.1) is 29.8 Å². The van der Waals surface area contributed by atoms with E-state index in [-0.39, 0.29) is 24.2 Å². The van der Waals surface area contributed by atoms with Crippen molar-refractivity contribution in [1.29, 1.82) is 5.26 Å². The van der Waals surface area contributed by atoms with E-state index >= 15 is 0 Å². The fourth-order valence-electron chi connectivity index (χ4n) is 5.78. The molecule has 186 valence electrons. The first-order chi connectivity index (χ1) is 16.5. The van der Waals surface area contributed by atoms with Crippen LogP contribution in [0.4, 0.5) is 0 Å². The topological polar surface area (TPSA) is 115 Å². The Kier molecular flexibility index (Phi) is 5.82. The number of nitrogens with one attached hydrogen (secondary N) is 2. The van der Waals surface area contributed by atoms with Gasteiger partial charge < -0.3 is 14.6 Å². The van der Waals surface area contributed by atoms with Crippen LogP contribution in [-0.4, -0.2) is 62.6 Å². The zero-order valence-electron chi connectivity index (χ0n) is 20.6. The summed E-state index contributed by atoms with van der Waals surface area (Å²) in [4.78, 5) is 19.6. The highest BCUT2D eigenvalue weighted by atomic mass is 32.2. The van der Waals surface area contributed by atoms with Gasteiger partial charge in [-0.05, 0) is 31.5 Å². The molecule has 0 bridgehead atoms. The highest BCUT2D eigenvalue weighted by Gasteiger charge is 2.45. The summed E-state index contributed by atoms with van der Waals surface area (Å²) >= 11 is 0. The molecule has 1 aromatic heterocycles. The molecule has 1 aliphatic heterocycles. The van der Waals surface area contributed by atoms with Crippen molar-refractivity contribution in [3.8, 4) is 6.07 Å². The maximum atomic E-state index is 13.8. The number of carbonyl (C=O) groups is 1. The third-order valence-electron chi connectivity index (χ3n) is 7.69. The SMILES string of the molecule is CN1CCC(OC2=CC3=C(CC2NS(C)(=O)=O)C(=O)c2c([nH]c4c2C=CC(C#N)C4)C3(C)C)CC1. The first-order valence-corrected chi connectivity index (χ1v) is 14.0. The van der Waals surface area contributed by atoms with E-state index in [4.69, 9.17) is 4.74 Å². The number of nitrogens with zero attached hydrogens (tertiary/aromatic N) is 2. The van der Waals surface area contributed by atoms with Gasteiger partial charge in [0.15, 0.2) is 5.78 Å². The lowest BCUT2D eigenvalue weighted by Gasteiger charge is -2.39. The van der Waals surface area contributed by atoms with Gasteiger partial charge in [0.25, 0.3) is 0 Å². The van der Waals surface area contributed by atoms with E-state index in [1.807, 2.05) is 18.2 Å². The number of carbonyl (C=O) groups excluding carboxylic acids is 1. The van der Waals surface area contributed by atoms with Crippen LogP contribution in [0.5, 0.6) is 0 Å². The lowest BCUT2D eigenvalue weighted by molar-refractivity contribution is 0.0481. The molecule has 0 amide bonds. The molecule has 2 unspecified atom stereocenters. The maximum absolute atomic E-state index is 13.8. The van der Waals surface area contributed by atoms with E-state index in [2.05, 4.69) is 41.6 Å². The number of aromatic nitrogens is 1.